The maximum absolute atomic E-state index is 12.1. The summed E-state index contributed by atoms with van der Waals surface area (Å²) >= 11 is 0. The molecule has 0 bridgehead atoms. The van der Waals surface area contributed by atoms with Crippen molar-refractivity contribution in [2.45, 2.75) is 39.2 Å². The molecule has 0 radical (unpaired) electrons. The van der Waals surface area contributed by atoms with Gasteiger partial charge in [0.05, 0.1) is 0 Å². The van der Waals surface area contributed by atoms with Crippen LogP contribution < -0.4 is 10.9 Å². The molecule has 0 aromatic carbocycles. The van der Waals surface area contributed by atoms with Crippen molar-refractivity contribution in [2.24, 2.45) is 0 Å². The zero-order chi connectivity index (χ0) is 13.5. The van der Waals surface area contributed by atoms with Crippen molar-refractivity contribution in [3.63, 3.8) is 0 Å². The second-order valence-electron chi connectivity index (χ2n) is 5.10. The van der Waals surface area contributed by atoms with Crippen molar-refractivity contribution in [2.75, 3.05) is 31.5 Å². The molecule has 2 heterocycles. The smallest absolute Gasteiger partial charge is 0.293 e. The van der Waals surface area contributed by atoms with Crippen LogP contribution in [-0.4, -0.2) is 40.6 Å². The average molecular weight is 264 g/mol. The third-order valence-corrected chi connectivity index (χ3v) is 3.55. The Hall–Kier alpha value is -1.36. The van der Waals surface area contributed by atoms with Crippen molar-refractivity contribution in [3.05, 3.63) is 22.7 Å². The fourth-order valence-corrected chi connectivity index (χ4v) is 2.50. The molecule has 1 aliphatic heterocycles. The second-order valence-corrected chi connectivity index (χ2v) is 5.10. The number of likely N-dealkylation sites (tertiary alicyclic amines) is 1. The van der Waals surface area contributed by atoms with E-state index in [0.717, 1.165) is 26.1 Å². The summed E-state index contributed by atoms with van der Waals surface area (Å²) in [6.07, 6.45) is 8.35. The number of nitrogens with zero attached hydrogens (tertiary/aromatic N) is 3. The Morgan fingerprint density at radius 3 is 2.79 bits per heavy atom. The van der Waals surface area contributed by atoms with Gasteiger partial charge >= 0.3 is 0 Å². The molecule has 106 valence electrons. The summed E-state index contributed by atoms with van der Waals surface area (Å²) < 4.78 is 1.72. The Kier molecular flexibility index (Phi) is 5.39. The fourth-order valence-electron chi connectivity index (χ4n) is 2.50. The van der Waals surface area contributed by atoms with Crippen molar-refractivity contribution in [1.82, 2.24) is 14.5 Å². The van der Waals surface area contributed by atoms with Crippen LogP contribution in [0.3, 0.4) is 0 Å². The van der Waals surface area contributed by atoms with Crippen molar-refractivity contribution in [3.8, 4) is 0 Å². The van der Waals surface area contributed by atoms with Crippen LogP contribution in [0.2, 0.25) is 0 Å². The van der Waals surface area contributed by atoms with Gasteiger partial charge in [0.1, 0.15) is 0 Å². The van der Waals surface area contributed by atoms with Gasteiger partial charge < -0.3 is 14.8 Å². The van der Waals surface area contributed by atoms with E-state index < -0.39 is 0 Å². The van der Waals surface area contributed by atoms with Crippen LogP contribution in [0.25, 0.3) is 0 Å². The van der Waals surface area contributed by atoms with Gasteiger partial charge in [-0.3, -0.25) is 4.79 Å². The summed E-state index contributed by atoms with van der Waals surface area (Å²) in [5.41, 5.74) is -0.0111. The molecule has 5 heteroatoms. The molecular weight excluding hydrogens is 240 g/mol. The number of piperidine rings is 1. The van der Waals surface area contributed by atoms with E-state index in [9.17, 15) is 4.79 Å². The zero-order valence-electron chi connectivity index (χ0n) is 11.8. The lowest BCUT2D eigenvalue weighted by molar-refractivity contribution is 0.237. The van der Waals surface area contributed by atoms with Crippen LogP contribution in [-0.2, 0) is 6.54 Å². The summed E-state index contributed by atoms with van der Waals surface area (Å²) in [5, 5.41) is 3.17. The van der Waals surface area contributed by atoms with Crippen LogP contribution in [0.5, 0.6) is 0 Å². The predicted octanol–water partition coefficient (Wildman–Crippen LogP) is 1.55. The van der Waals surface area contributed by atoms with E-state index >= 15 is 0 Å². The third kappa shape index (κ3) is 4.06. The van der Waals surface area contributed by atoms with Gasteiger partial charge in [0.25, 0.3) is 5.56 Å². The molecule has 1 aromatic heterocycles. The highest BCUT2D eigenvalue weighted by atomic mass is 16.1. The molecule has 0 unspecified atom stereocenters. The Labute approximate surface area is 114 Å². The molecule has 0 saturated carbocycles. The third-order valence-electron chi connectivity index (χ3n) is 3.55. The number of hydrogen-bond acceptors (Lipinski definition) is 4. The molecule has 0 amide bonds. The molecule has 0 atom stereocenters. The van der Waals surface area contributed by atoms with E-state index in [1.807, 2.05) is 0 Å². The largest absolute Gasteiger partial charge is 0.364 e. The van der Waals surface area contributed by atoms with Gasteiger partial charge in [0.15, 0.2) is 5.82 Å². The minimum Gasteiger partial charge on any atom is -0.364 e. The van der Waals surface area contributed by atoms with Crippen LogP contribution in [0, 0.1) is 0 Å². The molecule has 1 saturated heterocycles. The molecule has 1 fully saturated rings. The summed E-state index contributed by atoms with van der Waals surface area (Å²) in [4.78, 5) is 18.7. The monoisotopic (exact) mass is 264 g/mol. The fraction of sp³-hybridized carbons (Fsp3) is 0.714. The Bertz CT molecular complexity index is 437. The summed E-state index contributed by atoms with van der Waals surface area (Å²) in [6.45, 7) is 6.97. The molecular formula is C14H24N4O. The van der Waals surface area contributed by atoms with E-state index in [4.69, 9.17) is 0 Å². The van der Waals surface area contributed by atoms with Gasteiger partial charge in [0.2, 0.25) is 0 Å². The maximum Gasteiger partial charge on any atom is 0.293 e. The Morgan fingerprint density at radius 2 is 2.05 bits per heavy atom. The van der Waals surface area contributed by atoms with Crippen LogP contribution in [0.4, 0.5) is 5.82 Å². The normalized spacial score (nSPS) is 16.5. The summed E-state index contributed by atoms with van der Waals surface area (Å²) in [5.74, 6) is 0.480. The lowest BCUT2D eigenvalue weighted by Crippen LogP contribution is -2.35. The van der Waals surface area contributed by atoms with E-state index in [1.165, 1.54) is 32.4 Å². The van der Waals surface area contributed by atoms with Gasteiger partial charge in [-0.1, -0.05) is 13.3 Å². The van der Waals surface area contributed by atoms with Gasteiger partial charge in [-0.05, 0) is 32.4 Å². The first kappa shape index (κ1) is 14.1. The quantitative estimate of drug-likeness (QED) is 0.847. The molecule has 5 nitrogen and oxygen atoms in total. The van der Waals surface area contributed by atoms with Crippen molar-refractivity contribution in [1.29, 1.82) is 0 Å². The standard InChI is InChI=1S/C14H24N4O/c1-2-8-18-12-7-16-13(14(18)19)15-6-11-17-9-4-3-5-10-17/h7,12H,2-6,8-11H2,1H3,(H,15,16). The van der Waals surface area contributed by atoms with Gasteiger partial charge in [-0.25, -0.2) is 4.98 Å². The summed E-state index contributed by atoms with van der Waals surface area (Å²) in [7, 11) is 0. The number of aromatic nitrogens is 2. The predicted molar refractivity (Wildman–Crippen MR) is 77.6 cm³/mol. The Balaban J connectivity index is 1.85. The molecule has 1 N–H and O–H groups in total. The number of hydrogen-bond donors (Lipinski definition) is 1. The van der Waals surface area contributed by atoms with E-state index in [0.29, 0.717) is 5.82 Å². The van der Waals surface area contributed by atoms with Gasteiger partial charge in [-0.15, -0.1) is 0 Å². The molecule has 19 heavy (non-hydrogen) atoms. The second kappa shape index (κ2) is 7.28. The Morgan fingerprint density at radius 1 is 1.26 bits per heavy atom. The van der Waals surface area contributed by atoms with E-state index in [2.05, 4.69) is 22.1 Å². The highest BCUT2D eigenvalue weighted by Crippen LogP contribution is 2.07. The minimum atomic E-state index is -0.0111. The topological polar surface area (TPSA) is 50.2 Å². The van der Waals surface area contributed by atoms with E-state index in [-0.39, 0.29) is 5.56 Å². The van der Waals surface area contributed by atoms with Crippen molar-refractivity contribution >= 4 is 5.82 Å². The molecule has 1 aliphatic rings. The lowest BCUT2D eigenvalue weighted by Gasteiger charge is -2.26. The van der Waals surface area contributed by atoms with Gasteiger partial charge in [-0.2, -0.15) is 0 Å². The number of rotatable bonds is 6. The highest BCUT2D eigenvalue weighted by molar-refractivity contribution is 5.30. The van der Waals surface area contributed by atoms with E-state index in [1.54, 1.807) is 17.0 Å². The first-order valence-electron chi connectivity index (χ1n) is 7.33. The average Bonchev–Trinajstić information content (AvgIpc) is 2.44. The molecule has 1 aromatic rings. The number of anilines is 1. The van der Waals surface area contributed by atoms with Crippen LogP contribution >= 0.6 is 0 Å². The summed E-state index contributed by atoms with van der Waals surface area (Å²) in [6, 6.07) is 0. The molecule has 0 spiro atoms. The SMILES string of the molecule is CCCn1ccnc(NCCN2CCCCC2)c1=O. The van der Waals surface area contributed by atoms with Gasteiger partial charge in [0, 0.05) is 32.0 Å². The molecule has 0 aliphatic carbocycles. The lowest BCUT2D eigenvalue weighted by atomic mass is 10.1. The minimum absolute atomic E-state index is 0.0111. The maximum atomic E-state index is 12.1. The van der Waals surface area contributed by atoms with Crippen molar-refractivity contribution < 1.29 is 0 Å². The first-order valence-corrected chi connectivity index (χ1v) is 7.33. The number of aryl methyl sites for hydroxylation is 1. The number of nitrogens with one attached hydrogen (secondary N) is 1. The van der Waals surface area contributed by atoms with Crippen LogP contribution in [0.1, 0.15) is 32.6 Å². The molecule has 2 rings (SSSR count). The first-order chi connectivity index (χ1) is 9.31. The van der Waals surface area contributed by atoms with Crippen LogP contribution in [0.15, 0.2) is 17.2 Å². The zero-order valence-corrected chi connectivity index (χ0v) is 11.8. The highest BCUT2D eigenvalue weighted by Gasteiger charge is 2.10.